The van der Waals surface area contributed by atoms with Gasteiger partial charge in [0.2, 0.25) is 5.88 Å². The van der Waals surface area contributed by atoms with Gasteiger partial charge in [0.15, 0.2) is 5.75 Å². The van der Waals surface area contributed by atoms with Crippen molar-refractivity contribution in [1.29, 1.82) is 0 Å². The van der Waals surface area contributed by atoms with E-state index < -0.39 is 11.7 Å². The molecule has 20 heavy (non-hydrogen) atoms. The Morgan fingerprint density at radius 3 is 2.55 bits per heavy atom. The first-order valence-corrected chi connectivity index (χ1v) is 6.40. The number of para-hydroxylation sites is 1. The standard InChI is InChI=1S/C12H7BrClF3N2O/c13-7-2-1-3-9(18)10(7)20-11-8(14)4-6(5-19-11)12(15,16)17/h1-5H,18H2. The molecule has 0 bridgehead atoms. The van der Waals surface area contributed by atoms with Gasteiger partial charge >= 0.3 is 6.18 Å². The van der Waals surface area contributed by atoms with Gasteiger partial charge in [0.1, 0.15) is 5.02 Å². The normalized spacial score (nSPS) is 11.4. The Hall–Kier alpha value is -1.47. The van der Waals surface area contributed by atoms with Crippen molar-refractivity contribution in [2.45, 2.75) is 6.18 Å². The summed E-state index contributed by atoms with van der Waals surface area (Å²) in [5.74, 6) is 0.0833. The fourth-order valence-electron chi connectivity index (χ4n) is 1.39. The fraction of sp³-hybridized carbons (Fsp3) is 0.0833. The van der Waals surface area contributed by atoms with Gasteiger partial charge in [-0.05, 0) is 34.1 Å². The smallest absolute Gasteiger partial charge is 0.417 e. The predicted molar refractivity (Wildman–Crippen MR) is 72.9 cm³/mol. The van der Waals surface area contributed by atoms with E-state index in [9.17, 15) is 13.2 Å². The molecule has 3 nitrogen and oxygen atoms in total. The van der Waals surface area contributed by atoms with E-state index >= 15 is 0 Å². The molecule has 0 saturated carbocycles. The molecule has 8 heteroatoms. The van der Waals surface area contributed by atoms with Gasteiger partial charge in [0.25, 0.3) is 0 Å². The molecule has 1 aromatic heterocycles. The maximum absolute atomic E-state index is 12.5. The Labute approximate surface area is 125 Å². The molecule has 0 aliphatic rings. The lowest BCUT2D eigenvalue weighted by Gasteiger charge is -2.12. The Kier molecular flexibility index (Phi) is 4.10. The first-order chi connectivity index (χ1) is 9.29. The van der Waals surface area contributed by atoms with E-state index in [4.69, 9.17) is 22.1 Å². The second-order valence-electron chi connectivity index (χ2n) is 3.77. The van der Waals surface area contributed by atoms with Crippen LogP contribution in [0.2, 0.25) is 5.02 Å². The minimum atomic E-state index is -4.51. The number of nitrogens with zero attached hydrogens (tertiary/aromatic N) is 1. The van der Waals surface area contributed by atoms with Crippen LogP contribution in [0, 0.1) is 0 Å². The zero-order chi connectivity index (χ0) is 14.9. The molecule has 0 saturated heterocycles. The monoisotopic (exact) mass is 366 g/mol. The first-order valence-electron chi connectivity index (χ1n) is 5.23. The Morgan fingerprint density at radius 2 is 2.00 bits per heavy atom. The van der Waals surface area contributed by atoms with E-state index in [1.807, 2.05) is 0 Å². The highest BCUT2D eigenvalue weighted by Gasteiger charge is 2.31. The summed E-state index contributed by atoms with van der Waals surface area (Å²) in [6.07, 6.45) is -3.87. The predicted octanol–water partition coefficient (Wildman–Crippen LogP) is 4.89. The number of pyridine rings is 1. The minimum Gasteiger partial charge on any atom is -0.434 e. The summed E-state index contributed by atoms with van der Waals surface area (Å²) in [4.78, 5) is 3.57. The van der Waals surface area contributed by atoms with Gasteiger partial charge in [-0.2, -0.15) is 13.2 Å². The quantitative estimate of drug-likeness (QED) is 0.769. The molecule has 2 N–H and O–H groups in total. The van der Waals surface area contributed by atoms with Gasteiger partial charge < -0.3 is 10.5 Å². The number of aromatic nitrogens is 1. The highest BCUT2D eigenvalue weighted by molar-refractivity contribution is 9.10. The fourth-order valence-corrected chi connectivity index (χ4v) is 2.05. The van der Waals surface area contributed by atoms with Gasteiger partial charge in [-0.1, -0.05) is 17.7 Å². The summed E-state index contributed by atoms with van der Waals surface area (Å²) >= 11 is 8.97. The lowest BCUT2D eigenvalue weighted by molar-refractivity contribution is -0.137. The SMILES string of the molecule is Nc1cccc(Br)c1Oc1ncc(C(F)(F)F)cc1Cl. The van der Waals surface area contributed by atoms with E-state index in [0.29, 0.717) is 16.4 Å². The van der Waals surface area contributed by atoms with Crippen LogP contribution in [0.1, 0.15) is 5.56 Å². The zero-order valence-corrected chi connectivity index (χ0v) is 12.1. The van der Waals surface area contributed by atoms with Crippen LogP contribution in [0.15, 0.2) is 34.9 Å². The molecule has 0 radical (unpaired) electrons. The molecule has 0 spiro atoms. The molecule has 0 aliphatic carbocycles. The van der Waals surface area contributed by atoms with E-state index in [1.165, 1.54) is 0 Å². The highest BCUT2D eigenvalue weighted by Crippen LogP contribution is 2.38. The molecule has 2 aromatic rings. The van der Waals surface area contributed by atoms with Gasteiger partial charge in [-0.15, -0.1) is 0 Å². The van der Waals surface area contributed by atoms with Crippen LogP contribution in [0.3, 0.4) is 0 Å². The van der Waals surface area contributed by atoms with Crippen molar-refractivity contribution in [3.8, 4) is 11.6 Å². The third-order valence-corrected chi connectivity index (χ3v) is 3.23. The third kappa shape index (κ3) is 3.16. The van der Waals surface area contributed by atoms with Crippen molar-refractivity contribution in [3.05, 3.63) is 45.5 Å². The second-order valence-corrected chi connectivity index (χ2v) is 5.03. The van der Waals surface area contributed by atoms with E-state index in [0.717, 1.165) is 6.07 Å². The number of halogens is 5. The Morgan fingerprint density at radius 1 is 1.30 bits per heavy atom. The molecule has 106 valence electrons. The summed E-state index contributed by atoms with van der Waals surface area (Å²) in [6, 6.07) is 5.69. The Balaban J connectivity index is 2.36. The van der Waals surface area contributed by atoms with Crippen molar-refractivity contribution in [2.75, 3.05) is 5.73 Å². The molecule has 0 atom stereocenters. The molecule has 0 amide bonds. The first kappa shape index (κ1) is 14.9. The largest absolute Gasteiger partial charge is 0.434 e. The van der Waals surface area contributed by atoms with Gasteiger partial charge in [0.05, 0.1) is 15.7 Å². The topological polar surface area (TPSA) is 48.1 Å². The van der Waals surface area contributed by atoms with E-state index in [-0.39, 0.29) is 16.7 Å². The summed E-state index contributed by atoms with van der Waals surface area (Å²) in [5, 5.41) is -0.255. The van der Waals surface area contributed by atoms with Crippen molar-refractivity contribution in [3.63, 3.8) is 0 Å². The van der Waals surface area contributed by atoms with Crippen LogP contribution >= 0.6 is 27.5 Å². The van der Waals surface area contributed by atoms with Crippen LogP contribution in [-0.2, 0) is 6.18 Å². The number of hydrogen-bond donors (Lipinski definition) is 1. The third-order valence-electron chi connectivity index (χ3n) is 2.33. The molecule has 1 heterocycles. The lowest BCUT2D eigenvalue weighted by Crippen LogP contribution is -2.06. The number of ether oxygens (including phenoxy) is 1. The average Bonchev–Trinajstić information content (AvgIpc) is 2.34. The summed E-state index contributed by atoms with van der Waals surface area (Å²) in [7, 11) is 0. The second kappa shape index (κ2) is 5.49. The van der Waals surface area contributed by atoms with Crippen molar-refractivity contribution in [2.24, 2.45) is 0 Å². The summed E-state index contributed by atoms with van der Waals surface area (Å²) in [5.41, 5.74) is 5.07. The number of hydrogen-bond acceptors (Lipinski definition) is 3. The molecular weight excluding hydrogens is 360 g/mol. The van der Waals surface area contributed by atoms with E-state index in [1.54, 1.807) is 18.2 Å². The van der Waals surface area contributed by atoms with Crippen molar-refractivity contribution >= 4 is 33.2 Å². The number of alkyl halides is 3. The van der Waals surface area contributed by atoms with Crippen LogP contribution in [0.25, 0.3) is 0 Å². The zero-order valence-electron chi connectivity index (χ0n) is 9.71. The molecule has 0 unspecified atom stereocenters. The van der Waals surface area contributed by atoms with Crippen LogP contribution < -0.4 is 10.5 Å². The molecule has 1 aromatic carbocycles. The van der Waals surface area contributed by atoms with E-state index in [2.05, 4.69) is 20.9 Å². The minimum absolute atomic E-state index is 0.154. The van der Waals surface area contributed by atoms with Crippen molar-refractivity contribution in [1.82, 2.24) is 4.98 Å². The van der Waals surface area contributed by atoms with Gasteiger partial charge in [0, 0.05) is 6.20 Å². The summed E-state index contributed by atoms with van der Waals surface area (Å²) < 4.78 is 43.4. The number of anilines is 1. The number of nitrogens with two attached hydrogens (primary N) is 1. The summed E-state index contributed by atoms with van der Waals surface area (Å²) in [6.45, 7) is 0. The van der Waals surface area contributed by atoms with Crippen LogP contribution in [0.5, 0.6) is 11.6 Å². The van der Waals surface area contributed by atoms with Crippen LogP contribution in [0.4, 0.5) is 18.9 Å². The number of benzene rings is 1. The lowest BCUT2D eigenvalue weighted by atomic mass is 10.3. The van der Waals surface area contributed by atoms with Crippen molar-refractivity contribution < 1.29 is 17.9 Å². The highest BCUT2D eigenvalue weighted by atomic mass is 79.9. The number of rotatable bonds is 2. The maximum Gasteiger partial charge on any atom is 0.417 e. The van der Waals surface area contributed by atoms with Crippen LogP contribution in [-0.4, -0.2) is 4.98 Å². The number of nitrogen functional groups attached to an aromatic ring is 1. The molecular formula is C12H7BrClF3N2O. The molecule has 0 aliphatic heterocycles. The molecule has 0 fully saturated rings. The van der Waals surface area contributed by atoms with Gasteiger partial charge in [-0.3, -0.25) is 0 Å². The van der Waals surface area contributed by atoms with Gasteiger partial charge in [-0.25, -0.2) is 4.98 Å². The maximum atomic E-state index is 12.5. The molecule has 2 rings (SSSR count). The Bertz CT molecular complexity index is 629. The average molecular weight is 368 g/mol.